The number of aromatic hydroxyl groups is 1. The van der Waals surface area contributed by atoms with Crippen molar-refractivity contribution >= 4 is 5.57 Å². The Kier molecular flexibility index (Phi) is 3.53. The molecule has 0 spiro atoms. The van der Waals surface area contributed by atoms with Crippen molar-refractivity contribution < 1.29 is 10.2 Å². The van der Waals surface area contributed by atoms with Gasteiger partial charge in [-0.25, -0.2) is 0 Å². The highest BCUT2D eigenvalue weighted by atomic mass is 16.3. The first-order chi connectivity index (χ1) is 6.27. The van der Waals surface area contributed by atoms with Crippen molar-refractivity contribution in [2.45, 2.75) is 13.3 Å². The molecule has 13 heavy (non-hydrogen) atoms. The van der Waals surface area contributed by atoms with Crippen LogP contribution >= 0.6 is 0 Å². The molecule has 0 unspecified atom stereocenters. The molecule has 0 heterocycles. The molecule has 1 rings (SSSR count). The predicted octanol–water partition coefficient (Wildman–Crippen LogP) is 2.18. The third-order valence-electron chi connectivity index (χ3n) is 1.94. The summed E-state index contributed by atoms with van der Waals surface area (Å²) in [6.45, 7) is 2.06. The molecule has 0 aliphatic heterocycles. The summed E-state index contributed by atoms with van der Waals surface area (Å²) in [5, 5.41) is 18.0. The monoisotopic (exact) mass is 178 g/mol. The summed E-state index contributed by atoms with van der Waals surface area (Å²) in [5.74, 6) is 0.259. The minimum Gasteiger partial charge on any atom is -0.508 e. The van der Waals surface area contributed by atoms with Crippen molar-refractivity contribution in [3.63, 3.8) is 0 Å². The van der Waals surface area contributed by atoms with Crippen molar-refractivity contribution in [1.82, 2.24) is 0 Å². The van der Waals surface area contributed by atoms with E-state index >= 15 is 0 Å². The van der Waals surface area contributed by atoms with E-state index in [1.165, 1.54) is 0 Å². The molecular weight excluding hydrogens is 164 g/mol. The average Bonchev–Trinajstić information content (AvgIpc) is 2.14. The van der Waals surface area contributed by atoms with Gasteiger partial charge in [-0.2, -0.15) is 0 Å². The second-order valence-corrected chi connectivity index (χ2v) is 2.82. The van der Waals surface area contributed by atoms with E-state index in [0.717, 1.165) is 17.6 Å². The Morgan fingerprint density at radius 1 is 1.46 bits per heavy atom. The Bertz CT molecular complexity index is 303. The summed E-state index contributed by atoms with van der Waals surface area (Å²) in [7, 11) is 0. The van der Waals surface area contributed by atoms with Gasteiger partial charge in [-0.15, -0.1) is 0 Å². The number of hydrogen-bond acceptors (Lipinski definition) is 2. The number of aliphatic hydroxyl groups excluding tert-OH is 1. The first kappa shape index (κ1) is 9.81. The first-order valence-corrected chi connectivity index (χ1v) is 4.37. The van der Waals surface area contributed by atoms with Gasteiger partial charge >= 0.3 is 0 Å². The zero-order valence-corrected chi connectivity index (χ0v) is 7.70. The molecule has 1 aromatic carbocycles. The maximum atomic E-state index is 9.24. The molecule has 0 amide bonds. The minimum atomic E-state index is 0.0405. The molecule has 0 aliphatic carbocycles. The summed E-state index contributed by atoms with van der Waals surface area (Å²) in [6.07, 6.45) is 2.61. The normalized spacial score (nSPS) is 11.7. The van der Waals surface area contributed by atoms with Crippen molar-refractivity contribution in [2.24, 2.45) is 0 Å². The van der Waals surface area contributed by atoms with Crippen LogP contribution in [-0.2, 0) is 0 Å². The van der Waals surface area contributed by atoms with Crippen molar-refractivity contribution in [2.75, 3.05) is 6.61 Å². The molecule has 2 heteroatoms. The van der Waals surface area contributed by atoms with E-state index in [1.54, 1.807) is 24.3 Å². The number of aliphatic hydroxyl groups is 1. The van der Waals surface area contributed by atoms with Gasteiger partial charge < -0.3 is 10.2 Å². The van der Waals surface area contributed by atoms with Crippen LogP contribution in [0.5, 0.6) is 5.75 Å². The van der Waals surface area contributed by atoms with Crippen LogP contribution in [0.2, 0.25) is 0 Å². The molecule has 0 aromatic heterocycles. The van der Waals surface area contributed by atoms with Gasteiger partial charge in [0, 0.05) is 0 Å². The number of benzene rings is 1. The lowest BCUT2D eigenvalue weighted by atomic mass is 10.0. The molecule has 2 N–H and O–H groups in total. The maximum Gasteiger partial charge on any atom is 0.116 e. The number of phenolic OH excluding ortho intramolecular Hbond substituents is 1. The largest absolute Gasteiger partial charge is 0.508 e. The lowest BCUT2D eigenvalue weighted by molar-refractivity contribution is 0.343. The van der Waals surface area contributed by atoms with Crippen LogP contribution in [0.15, 0.2) is 30.3 Å². The van der Waals surface area contributed by atoms with E-state index < -0.39 is 0 Å². The van der Waals surface area contributed by atoms with E-state index in [9.17, 15) is 5.11 Å². The van der Waals surface area contributed by atoms with Crippen LogP contribution in [0.1, 0.15) is 18.9 Å². The van der Waals surface area contributed by atoms with Gasteiger partial charge in [0.05, 0.1) is 6.61 Å². The van der Waals surface area contributed by atoms with Crippen LogP contribution in [0.25, 0.3) is 5.57 Å². The Hall–Kier alpha value is -1.28. The molecule has 0 fully saturated rings. The predicted molar refractivity (Wildman–Crippen MR) is 53.5 cm³/mol. The van der Waals surface area contributed by atoms with Gasteiger partial charge in [0.2, 0.25) is 0 Å². The van der Waals surface area contributed by atoms with Crippen molar-refractivity contribution in [1.29, 1.82) is 0 Å². The molecule has 0 atom stereocenters. The summed E-state index contributed by atoms with van der Waals surface area (Å²) in [5.41, 5.74) is 2.02. The van der Waals surface area contributed by atoms with Crippen LogP contribution in [0, 0.1) is 0 Å². The molecule has 0 aliphatic rings. The highest BCUT2D eigenvalue weighted by Crippen LogP contribution is 2.21. The first-order valence-electron chi connectivity index (χ1n) is 4.37. The van der Waals surface area contributed by atoms with Crippen LogP contribution in [0.3, 0.4) is 0 Å². The summed E-state index contributed by atoms with van der Waals surface area (Å²) < 4.78 is 0. The van der Waals surface area contributed by atoms with Gasteiger partial charge in [-0.3, -0.25) is 0 Å². The highest BCUT2D eigenvalue weighted by molar-refractivity contribution is 5.66. The van der Waals surface area contributed by atoms with Crippen LogP contribution < -0.4 is 0 Å². The SMILES string of the molecule is CC/C(=C/CO)c1cccc(O)c1. The Balaban J connectivity index is 2.98. The Labute approximate surface area is 78.2 Å². The fraction of sp³-hybridized carbons (Fsp3) is 0.273. The second kappa shape index (κ2) is 4.67. The number of rotatable bonds is 3. The van der Waals surface area contributed by atoms with Gasteiger partial charge in [0.25, 0.3) is 0 Å². The van der Waals surface area contributed by atoms with Gasteiger partial charge in [-0.1, -0.05) is 25.1 Å². The standard InChI is InChI=1S/C11H14O2/c1-2-9(6-7-12)10-4-3-5-11(13)8-10/h3-6,8,12-13H,2,7H2,1H3/b9-6-. The lowest BCUT2D eigenvalue weighted by Gasteiger charge is -2.04. The Morgan fingerprint density at radius 3 is 2.77 bits per heavy atom. The molecule has 0 bridgehead atoms. The number of phenols is 1. The van der Waals surface area contributed by atoms with E-state index in [0.29, 0.717) is 0 Å². The maximum absolute atomic E-state index is 9.24. The van der Waals surface area contributed by atoms with Gasteiger partial charge in [0.1, 0.15) is 5.75 Å². The molecule has 0 radical (unpaired) electrons. The quantitative estimate of drug-likeness (QED) is 0.744. The third kappa shape index (κ3) is 2.60. The van der Waals surface area contributed by atoms with Gasteiger partial charge in [-0.05, 0) is 29.7 Å². The lowest BCUT2D eigenvalue weighted by Crippen LogP contribution is -1.85. The molecule has 0 saturated carbocycles. The fourth-order valence-electron chi connectivity index (χ4n) is 1.28. The van der Waals surface area contributed by atoms with Crippen molar-refractivity contribution in [3.8, 4) is 5.75 Å². The minimum absolute atomic E-state index is 0.0405. The second-order valence-electron chi connectivity index (χ2n) is 2.82. The molecular formula is C11H14O2. The van der Waals surface area contributed by atoms with Crippen LogP contribution in [0.4, 0.5) is 0 Å². The van der Waals surface area contributed by atoms with E-state index in [4.69, 9.17) is 5.11 Å². The van der Waals surface area contributed by atoms with E-state index in [-0.39, 0.29) is 12.4 Å². The molecule has 0 saturated heterocycles. The van der Waals surface area contributed by atoms with Gasteiger partial charge in [0.15, 0.2) is 0 Å². The molecule has 2 nitrogen and oxygen atoms in total. The highest BCUT2D eigenvalue weighted by Gasteiger charge is 1.98. The van der Waals surface area contributed by atoms with Crippen LogP contribution in [-0.4, -0.2) is 16.8 Å². The number of hydrogen-bond donors (Lipinski definition) is 2. The number of allylic oxidation sites excluding steroid dienone is 1. The summed E-state index contributed by atoms with van der Waals surface area (Å²) in [4.78, 5) is 0. The van der Waals surface area contributed by atoms with Crippen molar-refractivity contribution in [3.05, 3.63) is 35.9 Å². The molecule has 70 valence electrons. The molecule has 1 aromatic rings. The smallest absolute Gasteiger partial charge is 0.116 e. The van der Waals surface area contributed by atoms with E-state index in [2.05, 4.69) is 0 Å². The fourth-order valence-corrected chi connectivity index (χ4v) is 1.28. The topological polar surface area (TPSA) is 40.5 Å². The zero-order chi connectivity index (χ0) is 9.68. The summed E-state index contributed by atoms with van der Waals surface area (Å²) >= 11 is 0. The average molecular weight is 178 g/mol. The van der Waals surface area contributed by atoms with E-state index in [1.807, 2.05) is 13.0 Å². The Morgan fingerprint density at radius 2 is 2.23 bits per heavy atom. The third-order valence-corrected chi connectivity index (χ3v) is 1.94. The zero-order valence-electron chi connectivity index (χ0n) is 7.70. The summed E-state index contributed by atoms with van der Waals surface area (Å²) in [6, 6.07) is 7.05.